The molecule has 0 bridgehead atoms. The Kier molecular flexibility index (Phi) is 27.4. The van der Waals surface area contributed by atoms with Crippen molar-refractivity contribution >= 4 is 87.3 Å². The van der Waals surface area contributed by atoms with Crippen LogP contribution in [0.2, 0.25) is 0 Å². The van der Waals surface area contributed by atoms with Gasteiger partial charge in [-0.2, -0.15) is 11.8 Å². The first kappa shape index (κ1) is 69.6. The summed E-state index contributed by atoms with van der Waals surface area (Å²) in [6.07, 6.45) is -1.32. The van der Waals surface area contributed by atoms with Crippen LogP contribution < -0.4 is 43.8 Å². The number of rotatable bonds is 36. The summed E-state index contributed by atoms with van der Waals surface area (Å²) >= 11 is 1.35. The molecular formula is C62H85N11O13S. The number of primary amides is 2. The quantitative estimate of drug-likeness (QED) is 0.0175. The number of nitrogens with two attached hydrogens (primary N) is 3. The number of aliphatic hydroxyl groups is 2. The van der Waals surface area contributed by atoms with E-state index in [1.165, 1.54) is 44.8 Å². The zero-order valence-corrected chi connectivity index (χ0v) is 50.8. The van der Waals surface area contributed by atoms with E-state index in [4.69, 9.17) is 17.2 Å². The summed E-state index contributed by atoms with van der Waals surface area (Å²) < 4.78 is 0. The summed E-state index contributed by atoms with van der Waals surface area (Å²) in [5.41, 5.74) is 20.1. The van der Waals surface area contributed by atoms with E-state index in [2.05, 4.69) is 36.6 Å². The zero-order valence-electron chi connectivity index (χ0n) is 50.0. The second-order valence-corrected chi connectivity index (χ2v) is 24.0. The summed E-state index contributed by atoms with van der Waals surface area (Å²) in [7, 11) is 1.53. The number of para-hydroxylation sites is 1. The molecule has 0 unspecified atom stereocenters. The van der Waals surface area contributed by atoms with E-state index in [0.717, 1.165) is 21.4 Å². The number of nitrogens with one attached hydrogen (secondary N) is 6. The summed E-state index contributed by atoms with van der Waals surface area (Å²) in [5, 5.41) is 45.4. The van der Waals surface area contributed by atoms with E-state index in [1.807, 2.05) is 38.1 Å². The number of phenolic OH excluding ortho intramolecular Hbond substituents is 1. The monoisotopic (exact) mass is 1220 g/mol. The minimum atomic E-state index is -1.66. The second-order valence-electron chi connectivity index (χ2n) is 22.7. The van der Waals surface area contributed by atoms with Gasteiger partial charge < -0.3 is 69.0 Å². The van der Waals surface area contributed by atoms with Crippen molar-refractivity contribution in [2.75, 3.05) is 25.9 Å². The molecule has 1 aliphatic rings. The first-order valence-electron chi connectivity index (χ1n) is 29.3. The number of benzene rings is 3. The molecule has 1 fully saturated rings. The number of hydrogen-bond donors (Lipinski definition) is 12. The number of guanidine groups is 1. The Morgan fingerprint density at radius 3 is 2.03 bits per heavy atom. The highest BCUT2D eigenvalue weighted by Crippen LogP contribution is 2.28. The maximum Gasteiger partial charge on any atom is 0.246 e. The van der Waals surface area contributed by atoms with Gasteiger partial charge in [0.1, 0.15) is 29.7 Å². The molecule has 1 aromatic heterocycles. The number of hydrogen-bond acceptors (Lipinski definition) is 15. The van der Waals surface area contributed by atoms with Crippen molar-refractivity contribution in [1.82, 2.24) is 36.5 Å². The summed E-state index contributed by atoms with van der Waals surface area (Å²) in [4.78, 5) is 145. The van der Waals surface area contributed by atoms with E-state index >= 15 is 0 Å². The first-order valence-corrected chi connectivity index (χ1v) is 30.3. The highest BCUT2D eigenvalue weighted by molar-refractivity contribution is 8.00. The second kappa shape index (κ2) is 34.2. The Morgan fingerprint density at radius 1 is 0.736 bits per heavy atom. The number of carbonyl (C=O) groups excluding carboxylic acids is 10. The molecule has 1 saturated heterocycles. The predicted molar refractivity (Wildman–Crippen MR) is 329 cm³/mol. The highest BCUT2D eigenvalue weighted by atomic mass is 32.2. The van der Waals surface area contributed by atoms with Crippen molar-refractivity contribution in [3.05, 3.63) is 102 Å². The molecule has 7 amide bonds. The number of aromatic hydroxyl groups is 1. The molecule has 3 aromatic carbocycles. The number of β-amino-alcohol motifs (C(OH)–C–C–N with tert-alkyl or cyclic N) is 1. The number of aliphatic imine (C=N–C) groups is 1. The van der Waals surface area contributed by atoms with Crippen LogP contribution >= 0.6 is 11.8 Å². The van der Waals surface area contributed by atoms with Gasteiger partial charge in [0.15, 0.2) is 17.5 Å². The molecule has 25 heteroatoms. The molecule has 10 atom stereocenters. The molecule has 0 radical (unpaired) electrons. The van der Waals surface area contributed by atoms with E-state index in [9.17, 15) is 63.3 Å². The lowest BCUT2D eigenvalue weighted by molar-refractivity contribution is -0.142. The molecule has 1 aliphatic heterocycles. The van der Waals surface area contributed by atoms with Crippen LogP contribution in [0.15, 0.2) is 90.1 Å². The third-order valence-corrected chi connectivity index (χ3v) is 16.5. The molecule has 87 heavy (non-hydrogen) atoms. The summed E-state index contributed by atoms with van der Waals surface area (Å²) in [6.45, 7) is 6.45. The van der Waals surface area contributed by atoms with E-state index in [1.54, 1.807) is 48.7 Å². The fraction of sp³-hybridized carbons (Fsp3) is 0.500. The number of fused-ring (bicyclic) bond motifs is 1. The largest absolute Gasteiger partial charge is 0.508 e. The van der Waals surface area contributed by atoms with Crippen LogP contribution in [0.1, 0.15) is 102 Å². The minimum Gasteiger partial charge on any atom is -0.508 e. The molecule has 0 saturated carbocycles. The number of H-pyrrole nitrogens is 1. The maximum absolute atomic E-state index is 14.3. The number of phenols is 1. The Hall–Kier alpha value is -8.16. The summed E-state index contributed by atoms with van der Waals surface area (Å²) in [5.74, 6) is -8.57. The Balaban J connectivity index is 1.25. The van der Waals surface area contributed by atoms with Crippen molar-refractivity contribution in [3.8, 4) is 5.75 Å². The van der Waals surface area contributed by atoms with E-state index in [-0.39, 0.29) is 87.1 Å². The minimum absolute atomic E-state index is 0.0260. The number of nitrogens with zero attached hydrogens (tertiary/aromatic N) is 2. The van der Waals surface area contributed by atoms with Gasteiger partial charge in [-0.05, 0) is 85.6 Å². The van der Waals surface area contributed by atoms with Gasteiger partial charge in [0.25, 0.3) is 0 Å². The topological polar surface area (TPSA) is 401 Å². The van der Waals surface area contributed by atoms with Gasteiger partial charge in [-0.15, -0.1) is 0 Å². The van der Waals surface area contributed by atoms with Gasteiger partial charge in [-0.3, -0.25) is 52.9 Å². The lowest BCUT2D eigenvalue weighted by atomic mass is 9.91. The molecule has 2 heterocycles. The number of thioether (sulfide) groups is 1. The maximum atomic E-state index is 14.3. The van der Waals surface area contributed by atoms with Gasteiger partial charge in [0.05, 0.1) is 41.9 Å². The number of aliphatic hydroxyl groups excluding tert-OH is 2. The molecule has 4 aromatic rings. The van der Waals surface area contributed by atoms with Crippen LogP contribution in [0.5, 0.6) is 5.75 Å². The number of ketones is 3. The number of amides is 7. The molecule has 24 nitrogen and oxygen atoms in total. The van der Waals surface area contributed by atoms with Gasteiger partial charge in [-0.25, -0.2) is 0 Å². The summed E-state index contributed by atoms with van der Waals surface area (Å²) in [6, 6.07) is 15.8. The predicted octanol–water partition coefficient (Wildman–Crippen LogP) is 1.53. The van der Waals surface area contributed by atoms with Crippen molar-refractivity contribution < 1.29 is 63.3 Å². The van der Waals surface area contributed by atoms with E-state index < -0.39 is 119 Å². The fourth-order valence-electron chi connectivity index (χ4n) is 10.5. The van der Waals surface area contributed by atoms with Crippen LogP contribution in [-0.4, -0.2) is 163 Å². The van der Waals surface area contributed by atoms with Crippen LogP contribution in [0.3, 0.4) is 0 Å². The third-order valence-electron chi connectivity index (χ3n) is 15.1. The van der Waals surface area contributed by atoms with Crippen LogP contribution in [0.4, 0.5) is 0 Å². The molecule has 472 valence electrons. The lowest BCUT2D eigenvalue weighted by Gasteiger charge is -2.30. The molecule has 5 rings (SSSR count). The van der Waals surface area contributed by atoms with Crippen LogP contribution in [-0.2, 0) is 67.2 Å². The number of aromatic nitrogens is 1. The Morgan fingerprint density at radius 2 is 1.39 bits per heavy atom. The first-order chi connectivity index (χ1) is 41.3. The smallest absolute Gasteiger partial charge is 0.246 e. The standard InChI is InChI=1S/C62H85N11O13S/c1-35(2)25-55(54(80)29-40(15-11-23-67-62(65)66-5)58(83)72-49(57(64)82)28-41-33-68-46-17-10-9-16-44(41)46)87-24-12-18-52(78)47(26-38-13-7-6-8-14-38)70-59(84)45(36(3)74)31-53(79)48(32-56(63)81)71-60(85)51-30-43(77)34-73(51)61(86)50(69-37(4)75)27-39-19-21-42(76)22-20-39/h6-10,13-14,16-17,19-22,33,35-36,40,43,45,47-51,55,68,74,76-77H,11-12,15,18,23-32,34H2,1-5H3,(H2,63,81)(H2,64,82)(H,69,75)(H,70,84)(H,71,85)(H,72,83)(H3,65,66,67)/t36-,40-,43-,45+,47+,48+,49+,50-,51+,55+/m1/s1. The van der Waals surface area contributed by atoms with E-state index in [0.29, 0.717) is 36.3 Å². The lowest BCUT2D eigenvalue weighted by Crippen LogP contribution is -2.56. The molecule has 0 spiro atoms. The van der Waals surface area contributed by atoms with Crippen LogP contribution in [0, 0.1) is 17.8 Å². The normalized spacial score (nSPS) is 17.0. The molecule has 0 aliphatic carbocycles. The van der Waals surface area contributed by atoms with Crippen molar-refractivity contribution in [2.45, 2.75) is 152 Å². The van der Waals surface area contributed by atoms with Crippen molar-refractivity contribution in [2.24, 2.45) is 39.9 Å². The SMILES string of the molecule is CN=C(N)NCCC[C@H](CC(=O)[C@H](CC(C)C)SCCCC(=O)[C@H](Cc1ccccc1)NC(=O)[C@@H](CC(=O)[C@H](CC(N)=O)NC(=O)[C@@H]1C[C@@H](O)CN1C(=O)[C@@H](Cc1ccc(O)cc1)NC(C)=O)[C@@H](C)O)C(=O)N[C@@H](Cc1c[nH]c2ccccc12)C(N)=O. The highest BCUT2D eigenvalue weighted by Gasteiger charge is 2.43. The number of carbonyl (C=O) groups is 10. The third kappa shape index (κ3) is 22.3. The van der Waals surface area contributed by atoms with Crippen LogP contribution in [0.25, 0.3) is 10.9 Å². The zero-order chi connectivity index (χ0) is 63.9. The fourth-order valence-corrected chi connectivity index (χ4v) is 11.9. The number of likely N-dealkylation sites (tertiary alicyclic amines) is 1. The number of Topliss-reactive ketones (excluding diaryl/α,β-unsaturated/α-hetero) is 3. The van der Waals surface area contributed by atoms with Gasteiger partial charge >= 0.3 is 0 Å². The molecule has 15 N–H and O–H groups in total. The van der Waals surface area contributed by atoms with Gasteiger partial charge in [0, 0.05) is 88.6 Å². The van der Waals surface area contributed by atoms with Gasteiger partial charge in [-0.1, -0.05) is 74.5 Å². The molecular weight excluding hydrogens is 1140 g/mol. The van der Waals surface area contributed by atoms with Crippen molar-refractivity contribution in [3.63, 3.8) is 0 Å². The van der Waals surface area contributed by atoms with Gasteiger partial charge in [0.2, 0.25) is 41.4 Å². The Labute approximate surface area is 510 Å². The average Bonchev–Trinajstić information content (AvgIpc) is 3.52. The van der Waals surface area contributed by atoms with Crippen molar-refractivity contribution in [1.29, 1.82) is 0 Å². The Bertz CT molecular complexity index is 3050. The average molecular weight is 1220 g/mol. The number of aromatic amines is 1.